The van der Waals surface area contributed by atoms with Crippen LogP contribution in [0.5, 0.6) is 5.75 Å². The van der Waals surface area contributed by atoms with Crippen LogP contribution in [0.15, 0.2) is 54.9 Å². The van der Waals surface area contributed by atoms with Crippen molar-refractivity contribution in [3.8, 4) is 11.4 Å². The molecule has 0 bridgehead atoms. The van der Waals surface area contributed by atoms with Crippen molar-refractivity contribution < 1.29 is 13.9 Å². The van der Waals surface area contributed by atoms with E-state index >= 15 is 0 Å². The lowest BCUT2D eigenvalue weighted by molar-refractivity contribution is 0.102. The molecular formula is C20H18FN7O2. The van der Waals surface area contributed by atoms with Crippen LogP contribution in [-0.2, 0) is 13.7 Å². The van der Waals surface area contributed by atoms with Crippen molar-refractivity contribution >= 4 is 11.6 Å². The quantitative estimate of drug-likeness (QED) is 0.528. The SMILES string of the molecule is Cc1nnnn1-c1cc(NC(=O)c2ccc(OCc3nccn3C)cc2)ccc1F. The number of benzene rings is 2. The van der Waals surface area contributed by atoms with Gasteiger partial charge in [0.25, 0.3) is 5.91 Å². The Morgan fingerprint density at radius 3 is 2.67 bits per heavy atom. The third-order valence-electron chi connectivity index (χ3n) is 4.46. The number of nitrogens with one attached hydrogen (secondary N) is 1. The minimum atomic E-state index is -0.502. The molecule has 0 saturated carbocycles. The largest absolute Gasteiger partial charge is 0.486 e. The third kappa shape index (κ3) is 4.02. The highest BCUT2D eigenvalue weighted by Gasteiger charge is 2.13. The maximum Gasteiger partial charge on any atom is 0.255 e. The van der Waals surface area contributed by atoms with Crippen LogP contribution in [0.25, 0.3) is 5.69 Å². The van der Waals surface area contributed by atoms with E-state index in [1.165, 1.54) is 22.9 Å². The molecule has 1 amide bonds. The van der Waals surface area contributed by atoms with Gasteiger partial charge >= 0.3 is 0 Å². The molecule has 0 radical (unpaired) electrons. The molecule has 0 fully saturated rings. The Morgan fingerprint density at radius 2 is 2.00 bits per heavy atom. The van der Waals surface area contributed by atoms with Crippen molar-refractivity contribution in [3.05, 3.63) is 77.9 Å². The molecule has 30 heavy (non-hydrogen) atoms. The van der Waals surface area contributed by atoms with Crippen LogP contribution in [0.4, 0.5) is 10.1 Å². The second kappa shape index (κ2) is 8.11. The van der Waals surface area contributed by atoms with Crippen LogP contribution in [-0.4, -0.2) is 35.7 Å². The van der Waals surface area contributed by atoms with Crippen LogP contribution in [0.3, 0.4) is 0 Å². The van der Waals surface area contributed by atoms with Gasteiger partial charge in [-0.3, -0.25) is 4.79 Å². The summed E-state index contributed by atoms with van der Waals surface area (Å²) in [6.45, 7) is 1.98. The van der Waals surface area contributed by atoms with E-state index in [0.717, 1.165) is 5.82 Å². The van der Waals surface area contributed by atoms with Crippen molar-refractivity contribution in [3.63, 3.8) is 0 Å². The second-order valence-electron chi connectivity index (χ2n) is 6.53. The van der Waals surface area contributed by atoms with Crippen LogP contribution in [0.2, 0.25) is 0 Å². The summed E-state index contributed by atoms with van der Waals surface area (Å²) >= 11 is 0. The van der Waals surface area contributed by atoms with Crippen LogP contribution < -0.4 is 10.1 Å². The van der Waals surface area contributed by atoms with E-state index in [-0.39, 0.29) is 11.6 Å². The minimum absolute atomic E-state index is 0.147. The summed E-state index contributed by atoms with van der Waals surface area (Å²) in [6.07, 6.45) is 3.54. The number of amides is 1. The third-order valence-corrected chi connectivity index (χ3v) is 4.46. The number of aryl methyl sites for hydroxylation is 2. The molecule has 2 heterocycles. The first kappa shape index (κ1) is 19.2. The fraction of sp³-hybridized carbons (Fsp3) is 0.150. The highest BCUT2D eigenvalue weighted by Crippen LogP contribution is 2.20. The van der Waals surface area contributed by atoms with Crippen LogP contribution >= 0.6 is 0 Å². The van der Waals surface area contributed by atoms with Crippen molar-refractivity contribution in [2.45, 2.75) is 13.5 Å². The number of ether oxygens (including phenoxy) is 1. The normalized spacial score (nSPS) is 10.8. The van der Waals surface area contributed by atoms with Crippen molar-refractivity contribution in [2.24, 2.45) is 7.05 Å². The van der Waals surface area contributed by atoms with Gasteiger partial charge in [0.05, 0.1) is 0 Å². The van der Waals surface area contributed by atoms with Crippen molar-refractivity contribution in [1.29, 1.82) is 0 Å². The molecule has 0 saturated heterocycles. The van der Waals surface area contributed by atoms with E-state index in [2.05, 4.69) is 25.8 Å². The predicted octanol–water partition coefficient (Wildman–Crippen LogP) is 2.67. The molecule has 4 aromatic rings. The van der Waals surface area contributed by atoms with Gasteiger partial charge in [-0.15, -0.1) is 5.10 Å². The van der Waals surface area contributed by atoms with E-state index in [1.807, 2.05) is 17.8 Å². The number of carbonyl (C=O) groups is 1. The number of imidazole rings is 1. The maximum absolute atomic E-state index is 14.2. The van der Waals surface area contributed by atoms with E-state index in [0.29, 0.717) is 29.4 Å². The zero-order valence-electron chi connectivity index (χ0n) is 16.3. The molecule has 1 N–H and O–H groups in total. The molecule has 0 aliphatic rings. The summed E-state index contributed by atoms with van der Waals surface area (Å²) in [6, 6.07) is 10.9. The number of hydrogen-bond acceptors (Lipinski definition) is 6. The summed E-state index contributed by atoms with van der Waals surface area (Å²) < 4.78 is 23.0. The van der Waals surface area contributed by atoms with Gasteiger partial charge < -0.3 is 14.6 Å². The molecule has 0 atom stereocenters. The van der Waals surface area contributed by atoms with Gasteiger partial charge in [0.1, 0.15) is 29.7 Å². The van der Waals surface area contributed by atoms with Gasteiger partial charge in [-0.1, -0.05) is 0 Å². The highest BCUT2D eigenvalue weighted by molar-refractivity contribution is 6.04. The molecule has 2 aromatic heterocycles. The number of rotatable bonds is 6. The first-order chi connectivity index (χ1) is 14.5. The van der Waals surface area contributed by atoms with Crippen LogP contribution in [0.1, 0.15) is 22.0 Å². The number of tetrazole rings is 1. The maximum atomic E-state index is 14.2. The monoisotopic (exact) mass is 407 g/mol. The molecule has 9 nitrogen and oxygen atoms in total. The number of nitrogens with zero attached hydrogens (tertiary/aromatic N) is 6. The van der Waals surface area contributed by atoms with E-state index in [4.69, 9.17) is 4.74 Å². The molecule has 2 aromatic carbocycles. The Labute approximate surface area is 171 Å². The summed E-state index contributed by atoms with van der Waals surface area (Å²) in [7, 11) is 1.89. The topological polar surface area (TPSA) is 99.8 Å². The van der Waals surface area contributed by atoms with E-state index in [9.17, 15) is 9.18 Å². The van der Waals surface area contributed by atoms with Gasteiger partial charge in [-0.25, -0.2) is 9.37 Å². The Morgan fingerprint density at radius 1 is 1.20 bits per heavy atom. The Kier molecular flexibility index (Phi) is 5.21. The predicted molar refractivity (Wildman–Crippen MR) is 106 cm³/mol. The number of halogens is 1. The summed E-state index contributed by atoms with van der Waals surface area (Å²) in [5.41, 5.74) is 0.999. The average molecular weight is 407 g/mol. The van der Waals surface area contributed by atoms with Gasteiger partial charge in [-0.05, 0) is 59.8 Å². The fourth-order valence-corrected chi connectivity index (χ4v) is 2.80. The summed E-state index contributed by atoms with van der Waals surface area (Å²) in [5, 5.41) is 13.8. The van der Waals surface area contributed by atoms with Gasteiger partial charge in [0.15, 0.2) is 5.82 Å². The Hall–Kier alpha value is -4.08. The molecule has 0 aliphatic heterocycles. The van der Waals surface area contributed by atoms with Gasteiger partial charge in [-0.2, -0.15) is 4.68 Å². The van der Waals surface area contributed by atoms with Crippen molar-refractivity contribution in [2.75, 3.05) is 5.32 Å². The lowest BCUT2D eigenvalue weighted by atomic mass is 10.2. The molecule has 152 valence electrons. The first-order valence-electron chi connectivity index (χ1n) is 9.06. The number of hydrogen-bond donors (Lipinski definition) is 1. The van der Waals surface area contributed by atoms with Gasteiger partial charge in [0, 0.05) is 30.7 Å². The van der Waals surface area contributed by atoms with E-state index < -0.39 is 5.82 Å². The van der Waals surface area contributed by atoms with Gasteiger partial charge in [0.2, 0.25) is 0 Å². The molecule has 10 heteroatoms. The number of carbonyl (C=O) groups excluding carboxylic acids is 1. The lowest BCUT2D eigenvalue weighted by Crippen LogP contribution is -2.13. The smallest absolute Gasteiger partial charge is 0.255 e. The molecule has 0 spiro atoms. The fourth-order valence-electron chi connectivity index (χ4n) is 2.80. The number of anilines is 1. The average Bonchev–Trinajstić information content (AvgIpc) is 3.36. The standard InChI is InChI=1S/C20H18FN7O2/c1-13-24-25-26-28(13)18-11-15(5-8-17(18)21)23-20(29)14-3-6-16(7-4-14)30-12-19-22-9-10-27(19)2/h3-11H,12H2,1-2H3,(H,23,29). The van der Waals surface area contributed by atoms with Crippen LogP contribution in [0, 0.1) is 12.7 Å². The summed E-state index contributed by atoms with van der Waals surface area (Å²) in [4.78, 5) is 16.8. The highest BCUT2D eigenvalue weighted by atomic mass is 19.1. The minimum Gasteiger partial charge on any atom is -0.486 e. The zero-order chi connectivity index (χ0) is 21.1. The summed E-state index contributed by atoms with van der Waals surface area (Å²) in [5.74, 6) is 1.00. The Bertz CT molecular complexity index is 1180. The molecule has 0 unspecified atom stereocenters. The Balaban J connectivity index is 1.44. The number of aromatic nitrogens is 6. The molecular weight excluding hydrogens is 389 g/mol. The first-order valence-corrected chi connectivity index (χ1v) is 9.06. The molecule has 0 aliphatic carbocycles. The van der Waals surface area contributed by atoms with Crippen molar-refractivity contribution in [1.82, 2.24) is 29.8 Å². The van der Waals surface area contributed by atoms with E-state index in [1.54, 1.807) is 37.4 Å². The lowest BCUT2D eigenvalue weighted by Gasteiger charge is -2.10. The zero-order valence-corrected chi connectivity index (χ0v) is 16.3. The molecule has 4 rings (SSSR count). The second-order valence-corrected chi connectivity index (χ2v) is 6.53.